The van der Waals surface area contributed by atoms with Gasteiger partial charge in [0.25, 0.3) is 0 Å². The van der Waals surface area contributed by atoms with Gasteiger partial charge in [0.15, 0.2) is 5.82 Å². The summed E-state index contributed by atoms with van der Waals surface area (Å²) in [5, 5.41) is 13.4. The van der Waals surface area contributed by atoms with Crippen molar-refractivity contribution in [2.75, 3.05) is 16.9 Å². The highest BCUT2D eigenvalue weighted by molar-refractivity contribution is 7.99. The number of aromatic hydroxyl groups is 1. The number of nitrogens with one attached hydrogen (secondary N) is 2. The number of anilines is 1. The molecule has 0 radical (unpaired) electrons. The number of nitrogens with zero attached hydrogens (tertiary/aromatic N) is 2. The Morgan fingerprint density at radius 1 is 1.09 bits per heavy atom. The number of aromatic nitrogens is 2. The normalized spacial score (nSPS) is 27.3. The Kier molecular flexibility index (Phi) is 4.40. The van der Waals surface area contributed by atoms with Gasteiger partial charge in [0.2, 0.25) is 11.7 Å². The molecular weight excluding hydrogens is 460 g/mol. The van der Waals surface area contributed by atoms with E-state index in [0.717, 1.165) is 28.1 Å². The molecule has 2 fully saturated rings. The zero-order chi connectivity index (χ0) is 23.7. The Bertz CT molecular complexity index is 1480. The van der Waals surface area contributed by atoms with Crippen LogP contribution in [0.2, 0.25) is 0 Å². The van der Waals surface area contributed by atoms with Crippen molar-refractivity contribution >= 4 is 40.2 Å². The maximum absolute atomic E-state index is 14.5. The van der Waals surface area contributed by atoms with Crippen LogP contribution in [0.1, 0.15) is 27.7 Å². The fourth-order valence-corrected chi connectivity index (χ4v) is 7.68. The fraction of sp³-hybridized carbons (Fsp3) is 0.222. The topological polar surface area (TPSA) is 98.3 Å². The number of rotatable bonds is 3. The number of amides is 1. The van der Waals surface area contributed by atoms with E-state index in [-0.39, 0.29) is 35.2 Å². The van der Waals surface area contributed by atoms with Crippen molar-refractivity contribution in [3.05, 3.63) is 89.7 Å². The van der Waals surface area contributed by atoms with Gasteiger partial charge in [0, 0.05) is 34.8 Å². The largest absolute Gasteiger partial charge is 0.508 e. The molecule has 1 spiro atoms. The smallest absolute Gasteiger partial charge is 0.250 e. The van der Waals surface area contributed by atoms with E-state index in [2.05, 4.69) is 20.2 Å². The number of carbonyl (C=O) groups excluding carboxylic acids is 2. The van der Waals surface area contributed by atoms with Gasteiger partial charge in [0.05, 0.1) is 17.0 Å². The molecule has 174 valence electrons. The van der Waals surface area contributed by atoms with Crippen LogP contribution < -0.4 is 5.32 Å². The van der Waals surface area contributed by atoms with Crippen molar-refractivity contribution in [1.82, 2.24) is 14.9 Å². The van der Waals surface area contributed by atoms with Crippen LogP contribution in [-0.2, 0) is 10.3 Å². The molecule has 3 aliphatic rings. The van der Waals surface area contributed by atoms with Crippen molar-refractivity contribution in [2.24, 2.45) is 5.92 Å². The number of imidazole rings is 1. The SMILES string of the molecule is O=C(c1nc2ccccc2[nH]1)C1C(c2cccc(O)c2)C2CSCN2[C@@]12C(=O)Nc1ccccc12. The summed E-state index contributed by atoms with van der Waals surface area (Å²) < 4.78 is 0. The Hall–Kier alpha value is -3.62. The molecule has 4 atom stereocenters. The molecule has 3 unspecified atom stereocenters. The van der Waals surface area contributed by atoms with Crippen molar-refractivity contribution in [3.63, 3.8) is 0 Å². The minimum atomic E-state index is -1.16. The van der Waals surface area contributed by atoms with E-state index in [1.54, 1.807) is 30.0 Å². The summed E-state index contributed by atoms with van der Waals surface area (Å²) in [6, 6.07) is 22.3. The van der Waals surface area contributed by atoms with Crippen LogP contribution in [-0.4, -0.2) is 49.3 Å². The van der Waals surface area contributed by atoms with Gasteiger partial charge >= 0.3 is 0 Å². The number of phenolic OH excluding ortho intramolecular Hbond substituents is 1. The van der Waals surface area contributed by atoms with Crippen molar-refractivity contribution < 1.29 is 14.7 Å². The molecule has 0 saturated carbocycles. The molecule has 1 amide bonds. The van der Waals surface area contributed by atoms with Crippen LogP contribution in [0, 0.1) is 5.92 Å². The number of para-hydroxylation sites is 3. The van der Waals surface area contributed by atoms with Crippen molar-refractivity contribution in [3.8, 4) is 5.75 Å². The molecule has 3 aromatic carbocycles. The number of aromatic amines is 1. The van der Waals surface area contributed by atoms with Crippen molar-refractivity contribution in [1.29, 1.82) is 0 Å². The van der Waals surface area contributed by atoms with Gasteiger partial charge in [-0.25, -0.2) is 4.98 Å². The predicted octanol–water partition coefficient (Wildman–Crippen LogP) is 4.09. The maximum Gasteiger partial charge on any atom is 0.250 e. The number of hydrogen-bond donors (Lipinski definition) is 3. The number of ketones is 1. The van der Waals surface area contributed by atoms with E-state index in [1.807, 2.05) is 54.6 Å². The summed E-state index contributed by atoms with van der Waals surface area (Å²) in [7, 11) is 0. The second-order valence-corrected chi connectivity index (χ2v) is 10.4. The van der Waals surface area contributed by atoms with E-state index in [1.165, 1.54) is 0 Å². The number of thioether (sulfide) groups is 1. The number of phenols is 1. The molecule has 8 heteroatoms. The van der Waals surface area contributed by atoms with Crippen LogP contribution in [0.3, 0.4) is 0 Å². The third kappa shape index (κ3) is 2.75. The van der Waals surface area contributed by atoms with Gasteiger partial charge in [-0.15, -0.1) is 11.8 Å². The monoisotopic (exact) mass is 482 g/mol. The summed E-state index contributed by atoms with van der Waals surface area (Å²) in [4.78, 5) is 38.5. The summed E-state index contributed by atoms with van der Waals surface area (Å²) in [5.41, 5.74) is 2.76. The number of hydrogen-bond acceptors (Lipinski definition) is 6. The second-order valence-electron chi connectivity index (χ2n) is 9.37. The molecule has 35 heavy (non-hydrogen) atoms. The highest BCUT2D eigenvalue weighted by Gasteiger charge is 2.69. The Balaban J connectivity index is 1.49. The quantitative estimate of drug-likeness (QED) is 0.381. The predicted molar refractivity (Wildman–Crippen MR) is 134 cm³/mol. The maximum atomic E-state index is 14.5. The number of fused-ring (bicyclic) bond motifs is 5. The molecule has 7 nitrogen and oxygen atoms in total. The lowest BCUT2D eigenvalue weighted by Crippen LogP contribution is -2.52. The van der Waals surface area contributed by atoms with Gasteiger partial charge in [-0.1, -0.05) is 42.5 Å². The Morgan fingerprint density at radius 3 is 2.77 bits per heavy atom. The third-order valence-electron chi connectivity index (χ3n) is 7.69. The Labute approximate surface area is 205 Å². The molecule has 4 aromatic rings. The van der Waals surface area contributed by atoms with Crippen molar-refractivity contribution in [2.45, 2.75) is 17.5 Å². The molecule has 3 N–H and O–H groups in total. The average Bonchev–Trinajstić information content (AvgIpc) is 3.61. The van der Waals surface area contributed by atoms with Crippen LogP contribution in [0.15, 0.2) is 72.8 Å². The zero-order valence-electron chi connectivity index (χ0n) is 18.6. The third-order valence-corrected chi connectivity index (χ3v) is 8.73. The fourth-order valence-electron chi connectivity index (χ4n) is 6.35. The highest BCUT2D eigenvalue weighted by atomic mass is 32.2. The minimum absolute atomic E-state index is 0.0444. The summed E-state index contributed by atoms with van der Waals surface area (Å²) in [6.45, 7) is 0. The van der Waals surface area contributed by atoms with E-state index in [0.29, 0.717) is 11.4 Å². The van der Waals surface area contributed by atoms with E-state index >= 15 is 0 Å². The first-order valence-corrected chi connectivity index (χ1v) is 12.8. The highest BCUT2D eigenvalue weighted by Crippen LogP contribution is 2.61. The van der Waals surface area contributed by atoms with Gasteiger partial charge in [0.1, 0.15) is 11.3 Å². The molecule has 0 aliphatic carbocycles. The minimum Gasteiger partial charge on any atom is -0.508 e. The van der Waals surface area contributed by atoms with Crippen LogP contribution in [0.4, 0.5) is 5.69 Å². The summed E-state index contributed by atoms with van der Waals surface area (Å²) in [6.07, 6.45) is 0. The molecular formula is C27H22N4O3S. The van der Waals surface area contributed by atoms with Crippen LogP contribution >= 0.6 is 11.8 Å². The molecule has 7 rings (SSSR count). The number of H-pyrrole nitrogens is 1. The molecule has 4 heterocycles. The first-order valence-electron chi connectivity index (χ1n) is 11.6. The lowest BCUT2D eigenvalue weighted by atomic mass is 9.70. The van der Waals surface area contributed by atoms with Crippen LogP contribution in [0.25, 0.3) is 11.0 Å². The standard InChI is InChI=1S/C27H22N4O3S/c32-16-7-5-6-15(12-16)22-21-13-35-14-31(21)27(17-8-1-2-9-18(17)30-26(27)34)23(22)24(33)25-28-19-10-3-4-11-20(19)29-25/h1-12,21-23,32H,13-14H2,(H,28,29)(H,30,34)/t21?,22?,23?,27-/m1/s1. The molecule has 2 saturated heterocycles. The number of carbonyl (C=O) groups is 2. The molecule has 0 bridgehead atoms. The summed E-state index contributed by atoms with van der Waals surface area (Å²) >= 11 is 1.77. The van der Waals surface area contributed by atoms with Gasteiger partial charge < -0.3 is 15.4 Å². The Morgan fingerprint density at radius 2 is 1.91 bits per heavy atom. The second kappa shape index (κ2) is 7.44. The number of Topliss-reactive ketones (excluding diaryl/α,β-unsaturated/α-hetero) is 1. The average molecular weight is 483 g/mol. The van der Waals surface area contributed by atoms with Crippen LogP contribution in [0.5, 0.6) is 5.75 Å². The molecule has 3 aliphatic heterocycles. The van der Waals surface area contributed by atoms with E-state index < -0.39 is 11.5 Å². The summed E-state index contributed by atoms with van der Waals surface area (Å²) in [5.74, 6) is 0.449. The van der Waals surface area contributed by atoms with Gasteiger partial charge in [-0.05, 0) is 35.9 Å². The zero-order valence-corrected chi connectivity index (χ0v) is 19.5. The van der Waals surface area contributed by atoms with Gasteiger partial charge in [-0.2, -0.15) is 0 Å². The lowest BCUT2D eigenvalue weighted by Gasteiger charge is -2.36. The van der Waals surface area contributed by atoms with E-state index in [4.69, 9.17) is 0 Å². The first-order chi connectivity index (χ1) is 17.1. The number of benzene rings is 3. The van der Waals surface area contributed by atoms with E-state index in [9.17, 15) is 14.7 Å². The lowest BCUT2D eigenvalue weighted by molar-refractivity contribution is -0.127. The first kappa shape index (κ1) is 20.7. The van der Waals surface area contributed by atoms with Gasteiger partial charge in [-0.3, -0.25) is 14.5 Å². The molecule has 1 aromatic heterocycles.